The molecule has 1 aliphatic rings. The molecule has 5 heteroatoms. The maximum Gasteiger partial charge on any atom is 0.144 e. The minimum Gasteiger partial charge on any atom is -0.378 e. The molecule has 0 aromatic carbocycles. The Morgan fingerprint density at radius 2 is 2.22 bits per heavy atom. The van der Waals surface area contributed by atoms with Crippen molar-refractivity contribution >= 4 is 5.82 Å². The molecule has 0 unspecified atom stereocenters. The predicted octanol–water partition coefficient (Wildman–Crippen LogP) is 1.44. The van der Waals surface area contributed by atoms with Crippen molar-refractivity contribution < 1.29 is 4.74 Å². The second kappa shape index (κ2) is 5.20. The lowest BCUT2D eigenvalue weighted by Crippen LogP contribution is -2.52. The van der Waals surface area contributed by atoms with Crippen LogP contribution in [0.15, 0.2) is 6.07 Å². The van der Waals surface area contributed by atoms with Crippen LogP contribution in [0.25, 0.3) is 0 Å². The largest absolute Gasteiger partial charge is 0.378 e. The number of nitrogens with zero attached hydrogens (tertiary/aromatic N) is 3. The molecule has 1 N–H and O–H groups in total. The van der Waals surface area contributed by atoms with Gasteiger partial charge in [0.25, 0.3) is 0 Å². The van der Waals surface area contributed by atoms with Crippen molar-refractivity contribution in [3.63, 3.8) is 0 Å². The van der Waals surface area contributed by atoms with E-state index in [4.69, 9.17) is 4.74 Å². The lowest BCUT2D eigenvalue weighted by atomic mass is 10.0. The van der Waals surface area contributed by atoms with Crippen LogP contribution in [-0.4, -0.2) is 47.2 Å². The van der Waals surface area contributed by atoms with E-state index in [1.165, 1.54) is 0 Å². The summed E-state index contributed by atoms with van der Waals surface area (Å²) in [5.74, 6) is 1.75. The second-order valence-corrected chi connectivity index (χ2v) is 5.35. The van der Waals surface area contributed by atoms with Crippen molar-refractivity contribution in [2.75, 3.05) is 32.1 Å². The average Bonchev–Trinajstić information content (AvgIpc) is 2.31. The van der Waals surface area contributed by atoms with E-state index in [-0.39, 0.29) is 5.54 Å². The fourth-order valence-electron chi connectivity index (χ4n) is 2.18. The minimum absolute atomic E-state index is 0.0468. The predicted molar refractivity (Wildman–Crippen MR) is 71.6 cm³/mol. The number of hydrogen-bond acceptors (Lipinski definition) is 5. The Morgan fingerprint density at radius 1 is 1.44 bits per heavy atom. The van der Waals surface area contributed by atoms with E-state index in [1.54, 1.807) is 0 Å². The van der Waals surface area contributed by atoms with Crippen LogP contribution in [0.5, 0.6) is 0 Å². The summed E-state index contributed by atoms with van der Waals surface area (Å²) in [6, 6.07) is 1.95. The molecule has 1 fully saturated rings. The van der Waals surface area contributed by atoms with Crippen LogP contribution in [0.4, 0.5) is 5.82 Å². The first-order valence-corrected chi connectivity index (χ1v) is 6.36. The van der Waals surface area contributed by atoms with E-state index in [0.29, 0.717) is 0 Å². The van der Waals surface area contributed by atoms with Gasteiger partial charge in [0, 0.05) is 30.9 Å². The normalized spacial score (nSPS) is 19.8. The maximum atomic E-state index is 5.53. The average molecular weight is 250 g/mol. The molecule has 0 atom stereocenters. The lowest BCUT2D eigenvalue weighted by Gasteiger charge is -2.41. The van der Waals surface area contributed by atoms with E-state index < -0.39 is 0 Å². The third-order valence-electron chi connectivity index (χ3n) is 3.31. The van der Waals surface area contributed by atoms with Crippen molar-refractivity contribution in [2.24, 2.45) is 0 Å². The zero-order valence-corrected chi connectivity index (χ0v) is 11.7. The third kappa shape index (κ3) is 2.97. The molecule has 5 nitrogen and oxygen atoms in total. The van der Waals surface area contributed by atoms with Gasteiger partial charge >= 0.3 is 0 Å². The van der Waals surface area contributed by atoms with Crippen molar-refractivity contribution in [3.05, 3.63) is 17.6 Å². The number of aromatic nitrogens is 2. The van der Waals surface area contributed by atoms with E-state index >= 15 is 0 Å². The molecule has 0 amide bonds. The Morgan fingerprint density at radius 3 is 2.89 bits per heavy atom. The van der Waals surface area contributed by atoms with Crippen LogP contribution >= 0.6 is 0 Å². The monoisotopic (exact) mass is 250 g/mol. The Labute approximate surface area is 109 Å². The molecule has 1 saturated heterocycles. The standard InChI is InChI=1S/C13H22N4O/c1-10-7-11(14-4)16-12(15-10)8-17-5-6-18-9-13(17,2)3/h7H,5-6,8-9H2,1-4H3,(H,14,15,16). The van der Waals surface area contributed by atoms with Gasteiger partial charge in [0.2, 0.25) is 0 Å². The van der Waals surface area contributed by atoms with Gasteiger partial charge in [-0.25, -0.2) is 9.97 Å². The Bertz CT molecular complexity index is 419. The number of nitrogens with one attached hydrogen (secondary N) is 1. The van der Waals surface area contributed by atoms with Crippen molar-refractivity contribution in [2.45, 2.75) is 32.9 Å². The molecule has 1 aromatic heterocycles. The Kier molecular flexibility index (Phi) is 3.82. The molecule has 2 heterocycles. The summed E-state index contributed by atoms with van der Waals surface area (Å²) in [6.45, 7) is 9.64. The van der Waals surface area contributed by atoms with Crippen LogP contribution in [-0.2, 0) is 11.3 Å². The number of aryl methyl sites for hydroxylation is 1. The highest BCUT2D eigenvalue weighted by Gasteiger charge is 2.30. The van der Waals surface area contributed by atoms with E-state index in [2.05, 4.69) is 34.0 Å². The zero-order chi connectivity index (χ0) is 13.2. The molecule has 0 spiro atoms. The summed E-state index contributed by atoms with van der Waals surface area (Å²) in [4.78, 5) is 11.4. The van der Waals surface area contributed by atoms with Gasteiger partial charge in [-0.3, -0.25) is 4.90 Å². The smallest absolute Gasteiger partial charge is 0.144 e. The van der Waals surface area contributed by atoms with Crippen LogP contribution in [0.2, 0.25) is 0 Å². The summed E-state index contributed by atoms with van der Waals surface area (Å²) < 4.78 is 5.53. The van der Waals surface area contributed by atoms with Crippen molar-refractivity contribution in [1.82, 2.24) is 14.9 Å². The number of anilines is 1. The van der Waals surface area contributed by atoms with E-state index in [0.717, 1.165) is 43.6 Å². The lowest BCUT2D eigenvalue weighted by molar-refractivity contribution is -0.0563. The Hall–Kier alpha value is -1.20. The van der Waals surface area contributed by atoms with Gasteiger partial charge in [0.05, 0.1) is 19.8 Å². The van der Waals surface area contributed by atoms with Crippen LogP contribution in [0.1, 0.15) is 25.4 Å². The first-order valence-electron chi connectivity index (χ1n) is 6.36. The summed E-state index contributed by atoms with van der Waals surface area (Å²) >= 11 is 0. The van der Waals surface area contributed by atoms with Gasteiger partial charge in [0.1, 0.15) is 11.6 Å². The third-order valence-corrected chi connectivity index (χ3v) is 3.31. The molecule has 0 aliphatic carbocycles. The molecule has 0 saturated carbocycles. The topological polar surface area (TPSA) is 50.3 Å². The zero-order valence-electron chi connectivity index (χ0n) is 11.7. The van der Waals surface area contributed by atoms with E-state index in [1.807, 2.05) is 20.0 Å². The molecule has 100 valence electrons. The maximum absolute atomic E-state index is 5.53. The van der Waals surface area contributed by atoms with Crippen molar-refractivity contribution in [3.8, 4) is 0 Å². The van der Waals surface area contributed by atoms with Gasteiger partial charge in [0.15, 0.2) is 0 Å². The highest BCUT2D eigenvalue weighted by molar-refractivity contribution is 5.34. The van der Waals surface area contributed by atoms with Gasteiger partial charge < -0.3 is 10.1 Å². The fourth-order valence-corrected chi connectivity index (χ4v) is 2.18. The first-order chi connectivity index (χ1) is 8.51. The summed E-state index contributed by atoms with van der Waals surface area (Å²) in [5.41, 5.74) is 1.04. The summed E-state index contributed by atoms with van der Waals surface area (Å²) in [7, 11) is 1.88. The van der Waals surface area contributed by atoms with Crippen LogP contribution in [0, 0.1) is 6.92 Å². The number of hydrogen-bond donors (Lipinski definition) is 1. The molecule has 18 heavy (non-hydrogen) atoms. The molecular formula is C13H22N4O. The molecule has 0 bridgehead atoms. The molecule has 1 aliphatic heterocycles. The molecule has 1 aromatic rings. The highest BCUT2D eigenvalue weighted by Crippen LogP contribution is 2.21. The molecule has 2 rings (SSSR count). The van der Waals surface area contributed by atoms with Gasteiger partial charge in [-0.1, -0.05) is 0 Å². The Balaban J connectivity index is 2.15. The van der Waals surface area contributed by atoms with Crippen LogP contribution in [0.3, 0.4) is 0 Å². The minimum atomic E-state index is 0.0468. The highest BCUT2D eigenvalue weighted by atomic mass is 16.5. The van der Waals surface area contributed by atoms with Gasteiger partial charge in [-0.05, 0) is 20.8 Å². The summed E-state index contributed by atoms with van der Waals surface area (Å²) in [5, 5.41) is 3.07. The first kappa shape index (κ1) is 13.2. The second-order valence-electron chi connectivity index (χ2n) is 5.35. The van der Waals surface area contributed by atoms with Crippen LogP contribution < -0.4 is 5.32 Å². The SMILES string of the molecule is CNc1cc(C)nc(CN2CCOCC2(C)C)n1. The van der Waals surface area contributed by atoms with E-state index in [9.17, 15) is 0 Å². The fraction of sp³-hybridized carbons (Fsp3) is 0.692. The number of morpholine rings is 1. The number of rotatable bonds is 3. The summed E-state index contributed by atoms with van der Waals surface area (Å²) in [6.07, 6.45) is 0. The van der Waals surface area contributed by atoms with Gasteiger partial charge in [-0.15, -0.1) is 0 Å². The quantitative estimate of drug-likeness (QED) is 0.879. The number of ether oxygens (including phenoxy) is 1. The molecule has 0 radical (unpaired) electrons. The van der Waals surface area contributed by atoms with Gasteiger partial charge in [-0.2, -0.15) is 0 Å². The van der Waals surface area contributed by atoms with Crippen molar-refractivity contribution in [1.29, 1.82) is 0 Å². The molecular weight excluding hydrogens is 228 g/mol.